The zero-order chi connectivity index (χ0) is 17.6. The Morgan fingerprint density at radius 1 is 1.16 bits per heavy atom. The lowest BCUT2D eigenvalue weighted by Gasteiger charge is -2.06. The summed E-state index contributed by atoms with van der Waals surface area (Å²) in [5.41, 5.74) is 1.15. The zero-order valence-corrected chi connectivity index (χ0v) is 13.5. The van der Waals surface area contributed by atoms with Crippen LogP contribution in [0.25, 0.3) is 0 Å². The van der Waals surface area contributed by atoms with Crippen molar-refractivity contribution < 1.29 is 13.7 Å². The first-order valence-electron chi connectivity index (χ1n) is 7.65. The lowest BCUT2D eigenvalue weighted by molar-refractivity contribution is 0.0949. The molecule has 0 fully saturated rings. The third-order valence-electron chi connectivity index (χ3n) is 3.38. The van der Waals surface area contributed by atoms with E-state index in [1.54, 1.807) is 25.1 Å². The van der Waals surface area contributed by atoms with Crippen LogP contribution in [0.2, 0.25) is 0 Å². The minimum absolute atomic E-state index is 0.209. The molecule has 3 aromatic rings. The van der Waals surface area contributed by atoms with Crippen LogP contribution >= 0.6 is 0 Å². The fraction of sp³-hybridized carbons (Fsp3) is 0.176. The zero-order valence-electron chi connectivity index (χ0n) is 13.5. The van der Waals surface area contributed by atoms with Gasteiger partial charge in [-0.2, -0.15) is 0 Å². The van der Waals surface area contributed by atoms with Crippen molar-refractivity contribution in [1.29, 1.82) is 0 Å². The van der Waals surface area contributed by atoms with Gasteiger partial charge in [-0.3, -0.25) is 4.79 Å². The highest BCUT2D eigenvalue weighted by Crippen LogP contribution is 2.13. The van der Waals surface area contributed by atoms with Gasteiger partial charge in [-0.05, 0) is 31.0 Å². The molecule has 2 N–H and O–H groups in total. The van der Waals surface area contributed by atoms with Gasteiger partial charge in [-0.25, -0.2) is 14.4 Å². The van der Waals surface area contributed by atoms with E-state index < -0.39 is 0 Å². The molecule has 1 aromatic carbocycles. The number of anilines is 2. The predicted octanol–water partition coefficient (Wildman–Crippen LogP) is 2.63. The summed E-state index contributed by atoms with van der Waals surface area (Å²) >= 11 is 0. The van der Waals surface area contributed by atoms with E-state index in [1.807, 2.05) is 0 Å². The lowest BCUT2D eigenvalue weighted by Crippen LogP contribution is -2.26. The summed E-state index contributed by atoms with van der Waals surface area (Å²) in [5.74, 6) is 1.04. The second kappa shape index (κ2) is 7.52. The molecule has 8 heteroatoms. The molecule has 0 aliphatic rings. The summed E-state index contributed by atoms with van der Waals surface area (Å²) in [7, 11) is 0. The number of nitrogens with one attached hydrogen (secondary N) is 2. The number of aryl methyl sites for hydroxylation is 1. The molecule has 2 heterocycles. The molecule has 25 heavy (non-hydrogen) atoms. The van der Waals surface area contributed by atoms with Crippen molar-refractivity contribution >= 4 is 17.5 Å². The SMILES string of the molecule is Cc1cc(Nc2cnc(C(=O)NCCc3ccc(F)cc3)cn2)no1. The van der Waals surface area contributed by atoms with Gasteiger partial charge in [0.2, 0.25) is 0 Å². The summed E-state index contributed by atoms with van der Waals surface area (Å²) in [6, 6.07) is 7.88. The van der Waals surface area contributed by atoms with Gasteiger partial charge < -0.3 is 15.2 Å². The number of hydrogen-bond acceptors (Lipinski definition) is 6. The van der Waals surface area contributed by atoms with Crippen LogP contribution in [-0.4, -0.2) is 27.6 Å². The molecule has 128 valence electrons. The minimum Gasteiger partial charge on any atom is -0.360 e. The van der Waals surface area contributed by atoms with Gasteiger partial charge in [-0.1, -0.05) is 17.3 Å². The fourth-order valence-corrected chi connectivity index (χ4v) is 2.13. The molecule has 0 saturated heterocycles. The van der Waals surface area contributed by atoms with Crippen LogP contribution in [0.1, 0.15) is 21.8 Å². The summed E-state index contributed by atoms with van der Waals surface area (Å²) in [5, 5.41) is 9.46. The molecule has 0 spiro atoms. The van der Waals surface area contributed by atoms with E-state index in [0.29, 0.717) is 30.4 Å². The van der Waals surface area contributed by atoms with E-state index in [2.05, 4.69) is 25.8 Å². The average molecular weight is 341 g/mol. The van der Waals surface area contributed by atoms with E-state index >= 15 is 0 Å². The molecule has 7 nitrogen and oxygen atoms in total. The molecule has 0 radical (unpaired) electrons. The van der Waals surface area contributed by atoms with Gasteiger partial charge in [0.25, 0.3) is 5.91 Å². The largest absolute Gasteiger partial charge is 0.360 e. The number of hydrogen-bond donors (Lipinski definition) is 2. The van der Waals surface area contributed by atoms with Crippen molar-refractivity contribution in [1.82, 2.24) is 20.4 Å². The summed E-state index contributed by atoms with van der Waals surface area (Å²) in [6.45, 7) is 2.20. The van der Waals surface area contributed by atoms with Crippen molar-refractivity contribution in [3.8, 4) is 0 Å². The molecule has 0 atom stereocenters. The molecule has 0 bridgehead atoms. The molecule has 1 amide bonds. The van der Waals surface area contributed by atoms with E-state index in [9.17, 15) is 9.18 Å². The first-order valence-corrected chi connectivity index (χ1v) is 7.65. The Labute approximate surface area is 143 Å². The molecule has 0 aliphatic carbocycles. The number of carbonyl (C=O) groups excluding carboxylic acids is 1. The Balaban J connectivity index is 1.51. The lowest BCUT2D eigenvalue weighted by atomic mass is 10.1. The Morgan fingerprint density at radius 2 is 1.96 bits per heavy atom. The minimum atomic E-state index is -0.321. The van der Waals surface area contributed by atoms with Crippen molar-refractivity contribution in [2.75, 3.05) is 11.9 Å². The van der Waals surface area contributed by atoms with Crippen molar-refractivity contribution in [2.24, 2.45) is 0 Å². The van der Waals surface area contributed by atoms with Crippen LogP contribution in [0, 0.1) is 12.7 Å². The smallest absolute Gasteiger partial charge is 0.271 e. The third-order valence-corrected chi connectivity index (χ3v) is 3.38. The van der Waals surface area contributed by atoms with Crippen LogP contribution in [0.5, 0.6) is 0 Å². The Morgan fingerprint density at radius 3 is 2.60 bits per heavy atom. The van der Waals surface area contributed by atoms with Crippen LogP contribution in [0.3, 0.4) is 0 Å². The van der Waals surface area contributed by atoms with Gasteiger partial charge in [0.05, 0.1) is 12.4 Å². The van der Waals surface area contributed by atoms with E-state index in [0.717, 1.165) is 5.56 Å². The van der Waals surface area contributed by atoms with E-state index in [-0.39, 0.29) is 17.4 Å². The maximum absolute atomic E-state index is 12.8. The van der Waals surface area contributed by atoms with Gasteiger partial charge in [0.1, 0.15) is 23.1 Å². The summed E-state index contributed by atoms with van der Waals surface area (Å²) < 4.78 is 17.8. The second-order valence-corrected chi connectivity index (χ2v) is 5.37. The van der Waals surface area contributed by atoms with Gasteiger partial charge >= 0.3 is 0 Å². The standard InChI is InChI=1S/C17H16FN5O2/c1-11-8-15(23-25-11)22-16-10-20-14(9-21-16)17(24)19-7-6-12-2-4-13(18)5-3-12/h2-5,8-10H,6-7H2,1H3,(H,19,24)(H,21,22,23). The van der Waals surface area contributed by atoms with E-state index in [1.165, 1.54) is 24.5 Å². The van der Waals surface area contributed by atoms with Gasteiger partial charge in [-0.15, -0.1) is 0 Å². The number of amides is 1. The monoisotopic (exact) mass is 341 g/mol. The number of aromatic nitrogens is 3. The number of halogens is 1. The quantitative estimate of drug-likeness (QED) is 0.716. The highest BCUT2D eigenvalue weighted by Gasteiger charge is 2.08. The predicted molar refractivity (Wildman–Crippen MR) is 89.0 cm³/mol. The first kappa shape index (κ1) is 16.6. The number of carbonyl (C=O) groups is 1. The Bertz CT molecular complexity index is 846. The fourth-order valence-electron chi connectivity index (χ4n) is 2.13. The van der Waals surface area contributed by atoms with Crippen LogP contribution < -0.4 is 10.6 Å². The average Bonchev–Trinajstić information content (AvgIpc) is 3.02. The van der Waals surface area contributed by atoms with Crippen molar-refractivity contribution in [3.63, 3.8) is 0 Å². The summed E-state index contributed by atoms with van der Waals surface area (Å²) in [6.07, 6.45) is 3.42. The summed E-state index contributed by atoms with van der Waals surface area (Å²) in [4.78, 5) is 20.2. The number of benzene rings is 1. The number of nitrogens with zero attached hydrogens (tertiary/aromatic N) is 3. The van der Waals surface area contributed by atoms with Crippen molar-refractivity contribution in [3.05, 3.63) is 65.6 Å². The first-order chi connectivity index (χ1) is 12.1. The van der Waals surface area contributed by atoms with Crippen molar-refractivity contribution in [2.45, 2.75) is 13.3 Å². The normalized spacial score (nSPS) is 10.5. The third kappa shape index (κ3) is 4.60. The molecule has 0 unspecified atom stereocenters. The number of rotatable bonds is 6. The maximum atomic E-state index is 12.8. The molecular weight excluding hydrogens is 325 g/mol. The molecular formula is C17H16FN5O2. The molecule has 2 aromatic heterocycles. The van der Waals surface area contributed by atoms with Crippen LogP contribution in [-0.2, 0) is 6.42 Å². The molecule has 0 saturated carbocycles. The van der Waals surface area contributed by atoms with Gasteiger partial charge in [0.15, 0.2) is 5.82 Å². The van der Waals surface area contributed by atoms with Crippen LogP contribution in [0.15, 0.2) is 47.2 Å². The Hall–Kier alpha value is -3.29. The van der Waals surface area contributed by atoms with Gasteiger partial charge in [0, 0.05) is 12.6 Å². The topological polar surface area (TPSA) is 92.9 Å². The van der Waals surface area contributed by atoms with Crippen LogP contribution in [0.4, 0.5) is 16.0 Å². The molecule has 3 rings (SSSR count). The highest BCUT2D eigenvalue weighted by molar-refractivity contribution is 5.92. The second-order valence-electron chi connectivity index (χ2n) is 5.37. The van der Waals surface area contributed by atoms with E-state index in [4.69, 9.17) is 4.52 Å². The highest BCUT2D eigenvalue weighted by atomic mass is 19.1. The Kier molecular flexibility index (Phi) is 4.98. The molecule has 0 aliphatic heterocycles. The maximum Gasteiger partial charge on any atom is 0.271 e.